The van der Waals surface area contributed by atoms with E-state index in [1.807, 2.05) is 6.92 Å². The van der Waals surface area contributed by atoms with Crippen LogP contribution in [-0.2, 0) is 18.8 Å². The minimum absolute atomic E-state index is 0.163. The summed E-state index contributed by atoms with van der Waals surface area (Å²) in [5.74, 6) is -3.26. The number of carbonyl (C=O) groups is 2. The van der Waals surface area contributed by atoms with Gasteiger partial charge in [-0.2, -0.15) is 9.43 Å². The Morgan fingerprint density at radius 1 is 1.27 bits per heavy atom. The van der Waals surface area contributed by atoms with Crippen molar-refractivity contribution in [2.24, 2.45) is 11.8 Å². The minimum Gasteiger partial charge on any atom is -0.481 e. The first-order valence-electron chi connectivity index (χ1n) is 6.81. The molecule has 1 aliphatic rings. The molecule has 2 unspecified atom stereocenters. The number of rotatable bonds is 6. The van der Waals surface area contributed by atoms with Crippen LogP contribution in [0.25, 0.3) is 0 Å². The topological polar surface area (TPSA) is 111 Å². The molecule has 0 amide bonds. The molecule has 1 aliphatic carbocycles. The van der Waals surface area contributed by atoms with E-state index in [-0.39, 0.29) is 12.5 Å². The zero-order chi connectivity index (χ0) is 16.3. The van der Waals surface area contributed by atoms with Crippen molar-refractivity contribution in [1.82, 2.24) is 9.78 Å². The second-order valence-electron chi connectivity index (χ2n) is 5.29. The largest absolute Gasteiger partial charge is 0.481 e. The Bertz CT molecular complexity index is 539. The van der Waals surface area contributed by atoms with Crippen LogP contribution in [0.4, 0.5) is 0 Å². The van der Waals surface area contributed by atoms with Crippen molar-refractivity contribution in [3.05, 3.63) is 11.9 Å². The highest BCUT2D eigenvalue weighted by atomic mass is 32.2. The predicted octanol–water partition coefficient (Wildman–Crippen LogP) is 1.90. The molecule has 22 heavy (non-hydrogen) atoms. The van der Waals surface area contributed by atoms with Gasteiger partial charge in [-0.3, -0.25) is 14.3 Å². The van der Waals surface area contributed by atoms with Crippen molar-refractivity contribution in [1.29, 1.82) is 0 Å². The zero-order valence-corrected chi connectivity index (χ0v) is 13.1. The summed E-state index contributed by atoms with van der Waals surface area (Å²) in [5, 5.41) is 22.7. The van der Waals surface area contributed by atoms with E-state index in [1.54, 1.807) is 10.9 Å². The van der Waals surface area contributed by atoms with Crippen LogP contribution in [0.3, 0.4) is 0 Å². The maximum absolute atomic E-state index is 11.3. The molecule has 1 saturated carbocycles. The molecule has 1 aromatic rings. The Kier molecular flexibility index (Phi) is 5.43. The molecule has 2 atom stereocenters. The van der Waals surface area contributed by atoms with Gasteiger partial charge in [0.2, 0.25) is 0 Å². The van der Waals surface area contributed by atoms with E-state index in [2.05, 4.69) is 9.99 Å². The number of hydrogen-bond donors (Lipinski definition) is 2. The van der Waals surface area contributed by atoms with Gasteiger partial charge in [-0.05, 0) is 26.2 Å². The van der Waals surface area contributed by atoms with Gasteiger partial charge in [0.1, 0.15) is 0 Å². The van der Waals surface area contributed by atoms with E-state index >= 15 is 0 Å². The van der Waals surface area contributed by atoms with Crippen LogP contribution >= 0.6 is 12.0 Å². The quantitative estimate of drug-likeness (QED) is 0.462. The van der Waals surface area contributed by atoms with Crippen molar-refractivity contribution >= 4 is 24.0 Å². The van der Waals surface area contributed by atoms with E-state index in [1.165, 1.54) is 7.11 Å². The highest BCUT2D eigenvalue weighted by Gasteiger charge is 2.37. The lowest BCUT2D eigenvalue weighted by molar-refractivity contribution is -0.160. The molecule has 0 saturated heterocycles. The fourth-order valence-electron chi connectivity index (χ4n) is 2.82. The predicted molar refractivity (Wildman–Crippen MR) is 76.1 cm³/mol. The standard InChI is InChI=1S/C13H18N2O6S/c1-7-11(22-21-20-2)6-14-15(7)10-4-8(12(16)17)3-9(5-10)13(18)19/h6,8-10H,3-5H2,1-2H3,(H,16,17)(H,18,19). The fourth-order valence-corrected chi connectivity index (χ4v) is 3.27. The highest BCUT2D eigenvalue weighted by molar-refractivity contribution is 7.94. The summed E-state index contributed by atoms with van der Waals surface area (Å²) in [6.07, 6.45) is 2.50. The summed E-state index contributed by atoms with van der Waals surface area (Å²) < 4.78 is 6.48. The monoisotopic (exact) mass is 330 g/mol. The van der Waals surface area contributed by atoms with Gasteiger partial charge in [-0.25, -0.2) is 4.89 Å². The van der Waals surface area contributed by atoms with Gasteiger partial charge >= 0.3 is 11.9 Å². The Hall–Kier alpha value is -1.58. The lowest BCUT2D eigenvalue weighted by atomic mass is 9.78. The molecular weight excluding hydrogens is 312 g/mol. The molecule has 0 aliphatic heterocycles. The molecule has 2 N–H and O–H groups in total. The van der Waals surface area contributed by atoms with Crippen molar-refractivity contribution in [3.8, 4) is 0 Å². The number of aliphatic carboxylic acids is 2. The van der Waals surface area contributed by atoms with Gasteiger partial charge in [-0.1, -0.05) is 0 Å². The number of carboxylic acids is 2. The van der Waals surface area contributed by atoms with Gasteiger partial charge in [-0.15, -0.1) is 0 Å². The first-order valence-corrected chi connectivity index (χ1v) is 7.55. The van der Waals surface area contributed by atoms with Gasteiger partial charge < -0.3 is 10.2 Å². The van der Waals surface area contributed by atoms with Crippen molar-refractivity contribution in [3.63, 3.8) is 0 Å². The van der Waals surface area contributed by atoms with Crippen LogP contribution < -0.4 is 0 Å². The van der Waals surface area contributed by atoms with E-state index in [4.69, 9.17) is 4.33 Å². The molecule has 1 heterocycles. The van der Waals surface area contributed by atoms with Crippen molar-refractivity contribution in [2.75, 3.05) is 7.11 Å². The Morgan fingerprint density at radius 3 is 2.36 bits per heavy atom. The van der Waals surface area contributed by atoms with Crippen LogP contribution in [0.5, 0.6) is 0 Å². The molecular formula is C13H18N2O6S. The average molecular weight is 330 g/mol. The summed E-state index contributed by atoms with van der Waals surface area (Å²) in [6.45, 7) is 1.83. The molecule has 122 valence electrons. The number of carboxylic acid groups (broad SMARTS) is 2. The molecule has 8 nitrogen and oxygen atoms in total. The third kappa shape index (κ3) is 3.60. The van der Waals surface area contributed by atoms with Crippen molar-refractivity contribution < 1.29 is 29.0 Å². The molecule has 2 rings (SSSR count). The zero-order valence-electron chi connectivity index (χ0n) is 12.3. The van der Waals surface area contributed by atoms with E-state index in [0.29, 0.717) is 12.8 Å². The van der Waals surface area contributed by atoms with Crippen LogP contribution in [0.1, 0.15) is 31.0 Å². The molecule has 9 heteroatoms. The van der Waals surface area contributed by atoms with Crippen LogP contribution in [0, 0.1) is 18.8 Å². The van der Waals surface area contributed by atoms with E-state index in [0.717, 1.165) is 22.6 Å². The first-order chi connectivity index (χ1) is 10.4. The molecule has 0 spiro atoms. The van der Waals surface area contributed by atoms with Gasteiger partial charge in [0.25, 0.3) is 0 Å². The van der Waals surface area contributed by atoms with Gasteiger partial charge in [0.05, 0.1) is 53.8 Å². The summed E-state index contributed by atoms with van der Waals surface area (Å²) in [5.41, 5.74) is 0.794. The minimum atomic E-state index is -0.960. The number of hydrogen-bond acceptors (Lipinski definition) is 6. The lowest BCUT2D eigenvalue weighted by Crippen LogP contribution is -2.33. The van der Waals surface area contributed by atoms with Crippen LogP contribution in [-0.4, -0.2) is 39.0 Å². The molecule has 1 fully saturated rings. The van der Waals surface area contributed by atoms with Crippen LogP contribution in [0.2, 0.25) is 0 Å². The molecule has 1 aromatic heterocycles. The molecule has 0 bridgehead atoms. The maximum atomic E-state index is 11.3. The normalized spacial score (nSPS) is 25.1. The Balaban J connectivity index is 2.20. The summed E-state index contributed by atoms with van der Waals surface area (Å²) in [7, 11) is 1.39. The maximum Gasteiger partial charge on any atom is 0.306 e. The van der Waals surface area contributed by atoms with Gasteiger partial charge in [0.15, 0.2) is 0 Å². The molecule has 0 radical (unpaired) electrons. The second-order valence-corrected chi connectivity index (χ2v) is 6.03. The van der Waals surface area contributed by atoms with Crippen LogP contribution in [0.15, 0.2) is 11.1 Å². The fraction of sp³-hybridized carbons (Fsp3) is 0.615. The average Bonchev–Trinajstić information content (AvgIpc) is 2.85. The molecule has 0 aromatic carbocycles. The Morgan fingerprint density at radius 2 is 1.86 bits per heavy atom. The van der Waals surface area contributed by atoms with E-state index < -0.39 is 23.8 Å². The summed E-state index contributed by atoms with van der Waals surface area (Å²) >= 11 is 1.01. The van der Waals surface area contributed by atoms with Gasteiger partial charge in [0, 0.05) is 0 Å². The van der Waals surface area contributed by atoms with Crippen molar-refractivity contribution in [2.45, 2.75) is 37.1 Å². The number of nitrogens with zero attached hydrogens (tertiary/aromatic N) is 2. The summed E-state index contributed by atoms with van der Waals surface area (Å²) in [6, 6.07) is -0.257. The first kappa shape index (κ1) is 16.8. The number of aromatic nitrogens is 2. The third-order valence-corrected chi connectivity index (χ3v) is 4.70. The van der Waals surface area contributed by atoms with E-state index in [9.17, 15) is 19.8 Å². The summed E-state index contributed by atoms with van der Waals surface area (Å²) in [4.78, 5) is 27.8. The third-order valence-electron chi connectivity index (χ3n) is 3.92. The smallest absolute Gasteiger partial charge is 0.306 e. The Labute approximate surface area is 131 Å². The lowest BCUT2D eigenvalue weighted by Gasteiger charge is -2.31. The highest BCUT2D eigenvalue weighted by Crippen LogP contribution is 2.38. The second kappa shape index (κ2) is 7.12. The SMILES string of the molecule is COOSc1cnn(C2CC(C(=O)O)CC(C(=O)O)C2)c1C.